The molecule has 0 aromatic carbocycles. The Bertz CT molecular complexity index is 880. The number of carbonyl (C=O) groups is 4. The fourth-order valence-electron chi connectivity index (χ4n) is 3.68. The van der Waals surface area contributed by atoms with Crippen LogP contribution in [0.5, 0.6) is 0 Å². The number of amides is 3. The fourth-order valence-corrected chi connectivity index (χ4v) is 4.92. The summed E-state index contributed by atoms with van der Waals surface area (Å²) in [6, 6.07) is -1.27. The number of hydrogen-bond donors (Lipinski definition) is 3. The first kappa shape index (κ1) is 32.6. The standard InChI is InChI=1S/C24H44N4O8S/c1-7-17(2)37(33,34)27-19(22(31)35-6)15-25-21(30)16-26-20(29)10-8-9-18-11-13-28(14-12-18)23(32)36-24(3,4)5/h17-19,27H,7-16H2,1-6H3,(H,25,30)(H,26,29)/t17?,19-/m0/s1. The number of esters is 1. The van der Waals surface area contributed by atoms with Gasteiger partial charge in [0.25, 0.3) is 0 Å². The van der Waals surface area contributed by atoms with E-state index in [2.05, 4.69) is 20.1 Å². The highest BCUT2D eigenvalue weighted by Crippen LogP contribution is 2.24. The van der Waals surface area contributed by atoms with Gasteiger partial charge in [-0.05, 0) is 65.7 Å². The summed E-state index contributed by atoms with van der Waals surface area (Å²) in [7, 11) is -2.65. The van der Waals surface area contributed by atoms with Crippen LogP contribution in [0.15, 0.2) is 0 Å². The van der Waals surface area contributed by atoms with Gasteiger partial charge in [0.15, 0.2) is 0 Å². The normalized spacial score (nSPS) is 16.4. The zero-order chi connectivity index (χ0) is 28.2. The first-order valence-corrected chi connectivity index (χ1v) is 14.3. The van der Waals surface area contributed by atoms with Gasteiger partial charge in [-0.15, -0.1) is 0 Å². The second kappa shape index (κ2) is 15.1. The largest absolute Gasteiger partial charge is 0.468 e. The molecule has 12 nitrogen and oxygen atoms in total. The Morgan fingerprint density at radius 2 is 1.68 bits per heavy atom. The van der Waals surface area contributed by atoms with E-state index < -0.39 is 38.8 Å². The first-order chi connectivity index (χ1) is 17.2. The third-order valence-corrected chi connectivity index (χ3v) is 8.13. The molecule has 0 radical (unpaired) electrons. The molecule has 37 heavy (non-hydrogen) atoms. The lowest BCUT2D eigenvalue weighted by Gasteiger charge is -2.33. The Morgan fingerprint density at radius 3 is 2.22 bits per heavy atom. The molecule has 1 unspecified atom stereocenters. The van der Waals surface area contributed by atoms with Crippen LogP contribution in [-0.2, 0) is 33.9 Å². The molecule has 0 spiro atoms. The lowest BCUT2D eigenvalue weighted by atomic mass is 9.91. The van der Waals surface area contributed by atoms with Gasteiger partial charge in [-0.25, -0.2) is 13.2 Å². The van der Waals surface area contributed by atoms with Crippen LogP contribution in [0.4, 0.5) is 4.79 Å². The molecule has 0 bridgehead atoms. The molecule has 0 aliphatic carbocycles. The van der Waals surface area contributed by atoms with E-state index in [1.54, 1.807) is 11.8 Å². The van der Waals surface area contributed by atoms with Crippen LogP contribution in [0.25, 0.3) is 0 Å². The van der Waals surface area contributed by atoms with Gasteiger partial charge in [-0.1, -0.05) is 6.92 Å². The minimum absolute atomic E-state index is 0.263. The van der Waals surface area contributed by atoms with Gasteiger partial charge >= 0.3 is 12.1 Å². The average Bonchev–Trinajstić information content (AvgIpc) is 2.83. The molecule has 13 heteroatoms. The minimum Gasteiger partial charge on any atom is -0.468 e. The molecule has 3 N–H and O–H groups in total. The third kappa shape index (κ3) is 12.6. The van der Waals surface area contributed by atoms with Crippen LogP contribution >= 0.6 is 0 Å². The lowest BCUT2D eigenvalue weighted by molar-refractivity contribution is -0.142. The van der Waals surface area contributed by atoms with Crippen molar-refractivity contribution in [3.05, 3.63) is 0 Å². The number of carbonyl (C=O) groups excluding carboxylic acids is 4. The number of methoxy groups -OCH3 is 1. The highest BCUT2D eigenvalue weighted by Gasteiger charge is 2.29. The molecular weight excluding hydrogens is 504 g/mol. The lowest BCUT2D eigenvalue weighted by Crippen LogP contribution is -2.51. The maximum absolute atomic E-state index is 12.3. The summed E-state index contributed by atoms with van der Waals surface area (Å²) in [5.41, 5.74) is -0.522. The van der Waals surface area contributed by atoms with Crippen molar-refractivity contribution < 1.29 is 37.1 Å². The van der Waals surface area contributed by atoms with Gasteiger partial charge in [0.2, 0.25) is 21.8 Å². The van der Waals surface area contributed by atoms with Crippen molar-refractivity contribution in [1.82, 2.24) is 20.3 Å². The molecule has 214 valence electrons. The number of hydrogen-bond acceptors (Lipinski definition) is 8. The van der Waals surface area contributed by atoms with Crippen LogP contribution in [0.3, 0.4) is 0 Å². The second-order valence-corrected chi connectivity index (χ2v) is 12.5. The zero-order valence-electron chi connectivity index (χ0n) is 22.9. The Morgan fingerprint density at radius 1 is 1.05 bits per heavy atom. The van der Waals surface area contributed by atoms with E-state index in [0.717, 1.165) is 26.4 Å². The number of sulfonamides is 1. The molecule has 1 fully saturated rings. The van der Waals surface area contributed by atoms with Gasteiger partial charge in [-0.2, -0.15) is 4.72 Å². The topological polar surface area (TPSA) is 160 Å². The second-order valence-electron chi connectivity index (χ2n) is 10.3. The summed E-state index contributed by atoms with van der Waals surface area (Å²) < 4.78 is 36.8. The molecule has 0 aromatic heterocycles. The Hall–Kier alpha value is -2.41. The van der Waals surface area contributed by atoms with Crippen molar-refractivity contribution in [2.24, 2.45) is 5.92 Å². The van der Waals surface area contributed by atoms with E-state index in [4.69, 9.17) is 4.74 Å². The molecule has 2 atom stereocenters. The molecule has 3 amide bonds. The number of ether oxygens (including phenoxy) is 2. The molecule has 1 saturated heterocycles. The maximum atomic E-state index is 12.3. The predicted octanol–water partition coefficient (Wildman–Crippen LogP) is 1.30. The van der Waals surface area contributed by atoms with Crippen LogP contribution in [0.2, 0.25) is 0 Å². The van der Waals surface area contributed by atoms with Crippen molar-refractivity contribution in [3.8, 4) is 0 Å². The summed E-state index contributed by atoms with van der Waals surface area (Å²) in [5, 5.41) is 4.26. The van der Waals surface area contributed by atoms with Crippen molar-refractivity contribution in [3.63, 3.8) is 0 Å². The molecular formula is C24H44N4O8S. The summed E-state index contributed by atoms with van der Waals surface area (Å²) in [6.07, 6.45) is 3.53. The SMILES string of the molecule is CCC(C)S(=O)(=O)N[C@@H](CNC(=O)CNC(=O)CCCC1CCN(C(=O)OC(C)(C)C)CC1)C(=O)OC. The summed E-state index contributed by atoms with van der Waals surface area (Å²) in [5.74, 6) is -1.24. The van der Waals surface area contributed by atoms with Crippen molar-refractivity contribution in [2.75, 3.05) is 33.3 Å². The Kier molecular flexibility index (Phi) is 13.3. The zero-order valence-corrected chi connectivity index (χ0v) is 23.7. The summed E-state index contributed by atoms with van der Waals surface area (Å²) in [6.45, 7) is 9.39. The van der Waals surface area contributed by atoms with Crippen LogP contribution in [0.1, 0.15) is 73.1 Å². The van der Waals surface area contributed by atoms with E-state index in [0.29, 0.717) is 31.8 Å². The van der Waals surface area contributed by atoms with Gasteiger partial charge in [-0.3, -0.25) is 14.4 Å². The Balaban J connectivity index is 2.32. The summed E-state index contributed by atoms with van der Waals surface area (Å²) in [4.78, 5) is 50.0. The number of nitrogens with zero attached hydrogens (tertiary/aromatic N) is 1. The van der Waals surface area contributed by atoms with E-state index in [9.17, 15) is 27.6 Å². The van der Waals surface area contributed by atoms with Crippen LogP contribution in [-0.4, -0.2) is 87.4 Å². The first-order valence-electron chi connectivity index (χ1n) is 12.8. The predicted molar refractivity (Wildman–Crippen MR) is 138 cm³/mol. The molecule has 0 saturated carbocycles. The number of piperidine rings is 1. The van der Waals surface area contributed by atoms with Crippen molar-refractivity contribution in [1.29, 1.82) is 0 Å². The van der Waals surface area contributed by atoms with Gasteiger partial charge in [0, 0.05) is 26.1 Å². The number of likely N-dealkylation sites (tertiary alicyclic amines) is 1. The number of nitrogens with one attached hydrogen (secondary N) is 3. The molecule has 1 heterocycles. The smallest absolute Gasteiger partial charge is 0.410 e. The van der Waals surface area contributed by atoms with E-state index in [1.807, 2.05) is 20.8 Å². The summed E-state index contributed by atoms with van der Waals surface area (Å²) >= 11 is 0. The molecule has 1 rings (SSSR count). The third-order valence-electron chi connectivity index (χ3n) is 6.13. The highest BCUT2D eigenvalue weighted by atomic mass is 32.2. The van der Waals surface area contributed by atoms with Gasteiger partial charge < -0.3 is 25.0 Å². The van der Waals surface area contributed by atoms with Crippen LogP contribution < -0.4 is 15.4 Å². The molecule has 0 aromatic rings. The minimum atomic E-state index is -3.77. The highest BCUT2D eigenvalue weighted by molar-refractivity contribution is 7.90. The van der Waals surface area contributed by atoms with E-state index in [1.165, 1.54) is 6.92 Å². The van der Waals surface area contributed by atoms with Crippen molar-refractivity contribution >= 4 is 33.9 Å². The Labute approximate surface area is 220 Å². The molecule has 1 aliphatic rings. The van der Waals surface area contributed by atoms with Crippen molar-refractivity contribution in [2.45, 2.75) is 90.0 Å². The fraction of sp³-hybridized carbons (Fsp3) is 0.833. The maximum Gasteiger partial charge on any atom is 0.410 e. The van der Waals surface area contributed by atoms with Gasteiger partial charge in [0.05, 0.1) is 18.9 Å². The quantitative estimate of drug-likeness (QED) is 0.290. The van der Waals surface area contributed by atoms with E-state index >= 15 is 0 Å². The monoisotopic (exact) mass is 548 g/mol. The van der Waals surface area contributed by atoms with E-state index in [-0.39, 0.29) is 31.5 Å². The van der Waals surface area contributed by atoms with Crippen LogP contribution in [0, 0.1) is 5.92 Å². The molecule has 1 aliphatic heterocycles. The number of rotatable bonds is 13. The average molecular weight is 549 g/mol. The van der Waals surface area contributed by atoms with Gasteiger partial charge in [0.1, 0.15) is 11.6 Å².